The summed E-state index contributed by atoms with van der Waals surface area (Å²) < 4.78 is 1.80. The Kier molecular flexibility index (Phi) is 4.27. The molecular weight excluding hydrogens is 316 g/mol. The van der Waals surface area contributed by atoms with Crippen LogP contribution in [0.2, 0.25) is 0 Å². The molecule has 1 aromatic heterocycles. The van der Waals surface area contributed by atoms with Crippen LogP contribution in [0.3, 0.4) is 0 Å². The first-order valence-corrected chi connectivity index (χ1v) is 8.02. The molecule has 6 nitrogen and oxygen atoms in total. The van der Waals surface area contributed by atoms with Gasteiger partial charge >= 0.3 is 0 Å². The molecule has 0 amide bonds. The van der Waals surface area contributed by atoms with E-state index < -0.39 is 4.92 Å². The number of nitro benzene ring substituents is 1. The largest absolute Gasteiger partial charge is 0.364 e. The number of hydrogen-bond acceptors (Lipinski definition) is 4. The minimum absolute atomic E-state index is 0.0604. The van der Waals surface area contributed by atoms with E-state index in [4.69, 9.17) is 0 Å². The molecule has 0 unspecified atom stereocenters. The van der Waals surface area contributed by atoms with Crippen LogP contribution >= 0.6 is 0 Å². The molecule has 2 aromatic carbocycles. The second-order valence-electron chi connectivity index (χ2n) is 6.84. The molecule has 0 saturated carbocycles. The van der Waals surface area contributed by atoms with Gasteiger partial charge in [0.05, 0.1) is 16.3 Å². The summed E-state index contributed by atoms with van der Waals surface area (Å²) in [6.07, 6.45) is 0. The highest BCUT2D eigenvalue weighted by Gasteiger charge is 2.16. The van der Waals surface area contributed by atoms with Gasteiger partial charge in [-0.2, -0.15) is 0 Å². The second kappa shape index (κ2) is 6.39. The van der Waals surface area contributed by atoms with Gasteiger partial charge < -0.3 is 5.32 Å². The summed E-state index contributed by atoms with van der Waals surface area (Å²) in [5, 5.41) is 18.9. The molecule has 3 aromatic rings. The van der Waals surface area contributed by atoms with Crippen molar-refractivity contribution in [2.24, 2.45) is 0 Å². The fourth-order valence-electron chi connectivity index (χ4n) is 2.55. The van der Waals surface area contributed by atoms with Gasteiger partial charge in [0.2, 0.25) is 0 Å². The third-order valence-corrected chi connectivity index (χ3v) is 3.59. The van der Waals surface area contributed by atoms with E-state index in [1.165, 1.54) is 12.1 Å². The molecule has 0 fully saturated rings. The minimum atomic E-state index is -0.405. The monoisotopic (exact) mass is 336 g/mol. The third-order valence-electron chi connectivity index (χ3n) is 3.59. The smallest absolute Gasteiger partial charge is 0.269 e. The van der Waals surface area contributed by atoms with E-state index in [2.05, 4.69) is 31.2 Å². The predicted molar refractivity (Wildman–Crippen MR) is 99.0 cm³/mol. The van der Waals surface area contributed by atoms with Crippen LogP contribution in [0.15, 0.2) is 60.7 Å². The predicted octanol–water partition coefficient (Wildman–Crippen LogP) is 4.66. The maximum atomic E-state index is 10.9. The minimum Gasteiger partial charge on any atom is -0.364 e. The average molecular weight is 336 g/mol. The van der Waals surface area contributed by atoms with Crippen LogP contribution in [0.1, 0.15) is 20.8 Å². The number of nitro groups is 1. The van der Waals surface area contributed by atoms with E-state index in [-0.39, 0.29) is 11.2 Å². The Balaban J connectivity index is 2.08. The zero-order valence-electron chi connectivity index (χ0n) is 14.4. The molecule has 3 rings (SSSR count). The number of aromatic nitrogens is 2. The Labute approximate surface area is 146 Å². The molecule has 1 heterocycles. The maximum Gasteiger partial charge on any atom is 0.269 e. The number of rotatable bonds is 4. The molecular formula is C19H20N4O2. The number of nitrogens with one attached hydrogen (secondary N) is 1. The van der Waals surface area contributed by atoms with Crippen molar-refractivity contribution in [2.45, 2.75) is 26.3 Å². The summed E-state index contributed by atoms with van der Waals surface area (Å²) in [7, 11) is 0. The van der Waals surface area contributed by atoms with E-state index in [0.717, 1.165) is 22.8 Å². The maximum absolute atomic E-state index is 10.9. The van der Waals surface area contributed by atoms with Gasteiger partial charge in [-0.3, -0.25) is 10.1 Å². The van der Waals surface area contributed by atoms with Crippen molar-refractivity contribution in [1.29, 1.82) is 0 Å². The van der Waals surface area contributed by atoms with E-state index in [0.29, 0.717) is 0 Å². The molecule has 1 N–H and O–H groups in total. The fourth-order valence-corrected chi connectivity index (χ4v) is 2.55. The Morgan fingerprint density at radius 3 is 2.24 bits per heavy atom. The third kappa shape index (κ3) is 3.85. The summed E-state index contributed by atoms with van der Waals surface area (Å²) >= 11 is 0. The normalized spacial score (nSPS) is 11.3. The van der Waals surface area contributed by atoms with E-state index >= 15 is 0 Å². The van der Waals surface area contributed by atoms with Crippen LogP contribution in [-0.2, 0) is 0 Å². The van der Waals surface area contributed by atoms with Crippen molar-refractivity contribution < 1.29 is 4.92 Å². The Morgan fingerprint density at radius 1 is 1.04 bits per heavy atom. The molecule has 0 atom stereocenters. The number of hydrogen-bond donors (Lipinski definition) is 1. The van der Waals surface area contributed by atoms with E-state index in [9.17, 15) is 10.1 Å². The molecule has 0 aliphatic carbocycles. The van der Waals surface area contributed by atoms with Gasteiger partial charge in [-0.15, -0.1) is 5.10 Å². The summed E-state index contributed by atoms with van der Waals surface area (Å²) in [6, 6.07) is 18.3. The summed E-state index contributed by atoms with van der Waals surface area (Å²) in [5.41, 5.74) is 2.65. The number of non-ortho nitro benzene ring substituents is 1. The lowest BCUT2D eigenvalue weighted by atomic mass is 10.1. The van der Waals surface area contributed by atoms with Gasteiger partial charge in [-0.25, -0.2) is 4.68 Å². The highest BCUT2D eigenvalue weighted by Crippen LogP contribution is 2.28. The Morgan fingerprint density at radius 2 is 1.68 bits per heavy atom. The lowest BCUT2D eigenvalue weighted by molar-refractivity contribution is -0.384. The number of nitrogens with zero attached hydrogens (tertiary/aromatic N) is 3. The zero-order valence-corrected chi connectivity index (χ0v) is 14.4. The Bertz CT molecular complexity index is 878. The highest BCUT2D eigenvalue weighted by molar-refractivity contribution is 5.66. The fraction of sp³-hybridized carbons (Fsp3) is 0.211. The SMILES string of the molecule is CC(C)(C)Nc1cc(-c2ccccc2)n(-c2ccc([N+](=O)[O-])cc2)n1. The van der Waals surface area contributed by atoms with Crippen molar-refractivity contribution in [3.63, 3.8) is 0 Å². The van der Waals surface area contributed by atoms with Crippen molar-refractivity contribution in [1.82, 2.24) is 9.78 Å². The lowest BCUT2D eigenvalue weighted by Gasteiger charge is -2.19. The summed E-state index contributed by atoms with van der Waals surface area (Å²) in [4.78, 5) is 10.5. The number of benzene rings is 2. The standard InChI is InChI=1S/C19H20N4O2/c1-19(2,3)20-18-13-17(14-7-5-4-6-8-14)22(21-18)15-9-11-16(12-10-15)23(24)25/h4-13H,1-3H3,(H,20,21). The summed E-state index contributed by atoms with van der Waals surface area (Å²) in [6.45, 7) is 6.21. The topological polar surface area (TPSA) is 73.0 Å². The molecule has 0 radical (unpaired) electrons. The van der Waals surface area contributed by atoms with Crippen LogP contribution in [0.25, 0.3) is 16.9 Å². The summed E-state index contributed by atoms with van der Waals surface area (Å²) in [5.74, 6) is 0.754. The first-order valence-electron chi connectivity index (χ1n) is 8.02. The van der Waals surface area contributed by atoms with Crippen molar-refractivity contribution in [3.05, 3.63) is 70.8 Å². The molecule has 0 saturated heterocycles. The van der Waals surface area contributed by atoms with Crippen molar-refractivity contribution >= 4 is 11.5 Å². The van der Waals surface area contributed by atoms with Crippen LogP contribution in [0.4, 0.5) is 11.5 Å². The van der Waals surface area contributed by atoms with Crippen LogP contribution < -0.4 is 5.32 Å². The quantitative estimate of drug-likeness (QED) is 0.555. The molecule has 0 spiro atoms. The zero-order chi connectivity index (χ0) is 18.0. The van der Waals surface area contributed by atoms with Crippen LogP contribution in [0.5, 0.6) is 0 Å². The van der Waals surface area contributed by atoms with Gasteiger partial charge in [-0.1, -0.05) is 30.3 Å². The Hall–Kier alpha value is -3.15. The van der Waals surface area contributed by atoms with Crippen LogP contribution in [-0.4, -0.2) is 20.2 Å². The molecule has 0 aliphatic rings. The van der Waals surface area contributed by atoms with Gasteiger partial charge in [0.25, 0.3) is 5.69 Å². The molecule has 25 heavy (non-hydrogen) atoms. The molecule has 128 valence electrons. The van der Waals surface area contributed by atoms with Gasteiger partial charge in [0.15, 0.2) is 0 Å². The van der Waals surface area contributed by atoms with Gasteiger partial charge in [-0.05, 0) is 32.9 Å². The highest BCUT2D eigenvalue weighted by atomic mass is 16.6. The van der Waals surface area contributed by atoms with Crippen molar-refractivity contribution in [2.75, 3.05) is 5.32 Å². The van der Waals surface area contributed by atoms with E-state index in [1.807, 2.05) is 36.4 Å². The van der Waals surface area contributed by atoms with Crippen LogP contribution in [0, 0.1) is 10.1 Å². The van der Waals surface area contributed by atoms with E-state index in [1.54, 1.807) is 16.8 Å². The second-order valence-corrected chi connectivity index (χ2v) is 6.84. The molecule has 6 heteroatoms. The van der Waals surface area contributed by atoms with Crippen molar-refractivity contribution in [3.8, 4) is 16.9 Å². The van der Waals surface area contributed by atoms with Gasteiger partial charge in [0, 0.05) is 29.3 Å². The average Bonchev–Trinajstić information content (AvgIpc) is 2.97. The van der Waals surface area contributed by atoms with Gasteiger partial charge in [0.1, 0.15) is 5.82 Å². The molecule has 0 aliphatic heterocycles. The first kappa shape index (κ1) is 16.7. The first-order chi connectivity index (χ1) is 11.8. The molecule has 0 bridgehead atoms. The number of anilines is 1. The lowest BCUT2D eigenvalue weighted by Crippen LogP contribution is -2.26.